The van der Waals surface area contributed by atoms with Crippen molar-refractivity contribution in [2.24, 2.45) is 10.9 Å². The molecule has 1 N–H and O–H groups in total. The van der Waals surface area contributed by atoms with Gasteiger partial charge in [0.05, 0.1) is 17.3 Å². The molecule has 1 aliphatic heterocycles. The third-order valence-corrected chi connectivity index (χ3v) is 5.76. The van der Waals surface area contributed by atoms with Gasteiger partial charge in [-0.15, -0.1) is 0 Å². The molecule has 2 aromatic rings. The van der Waals surface area contributed by atoms with Gasteiger partial charge in [0, 0.05) is 11.4 Å². The third kappa shape index (κ3) is 3.33. The minimum Gasteiger partial charge on any atom is -0.324 e. The zero-order chi connectivity index (χ0) is 19.8. The quantitative estimate of drug-likeness (QED) is 0.860. The van der Waals surface area contributed by atoms with Crippen molar-refractivity contribution in [2.45, 2.75) is 40.0 Å². The summed E-state index contributed by atoms with van der Waals surface area (Å²) in [5.41, 5.74) is 6.46. The van der Waals surface area contributed by atoms with E-state index in [1.807, 2.05) is 57.2 Å². The van der Waals surface area contributed by atoms with Crippen molar-refractivity contribution in [3.05, 3.63) is 53.1 Å². The first kappa shape index (κ1) is 18.4. The fourth-order valence-electron chi connectivity index (χ4n) is 3.99. The molecule has 0 radical (unpaired) electrons. The number of aryl methyl sites for hydroxylation is 3. The molecule has 2 amide bonds. The van der Waals surface area contributed by atoms with Gasteiger partial charge in [-0.25, -0.2) is 0 Å². The highest BCUT2D eigenvalue weighted by Crippen LogP contribution is 2.39. The highest BCUT2D eigenvalue weighted by Gasteiger charge is 2.37. The summed E-state index contributed by atoms with van der Waals surface area (Å²) < 4.78 is 0. The van der Waals surface area contributed by atoms with E-state index < -0.39 is 0 Å². The largest absolute Gasteiger partial charge is 0.324 e. The molecule has 2 aliphatic rings. The molecule has 1 fully saturated rings. The monoisotopic (exact) mass is 375 g/mol. The van der Waals surface area contributed by atoms with Crippen molar-refractivity contribution in [3.8, 4) is 0 Å². The number of fused-ring (bicyclic) bond motifs is 2. The molecule has 28 heavy (non-hydrogen) atoms. The lowest BCUT2D eigenvalue weighted by molar-refractivity contribution is -0.122. The molecule has 5 nitrogen and oxygen atoms in total. The Morgan fingerprint density at radius 2 is 1.89 bits per heavy atom. The first-order valence-electron chi connectivity index (χ1n) is 9.79. The molecular formula is C23H25N3O2. The van der Waals surface area contributed by atoms with Gasteiger partial charge in [-0.2, -0.15) is 0 Å². The Hall–Kier alpha value is -2.95. The molecule has 0 bridgehead atoms. The van der Waals surface area contributed by atoms with Gasteiger partial charge in [-0.1, -0.05) is 18.2 Å². The molecule has 1 heterocycles. The van der Waals surface area contributed by atoms with Crippen molar-refractivity contribution in [3.63, 3.8) is 0 Å². The average molecular weight is 375 g/mol. The van der Waals surface area contributed by atoms with Crippen LogP contribution in [0.25, 0.3) is 0 Å². The van der Waals surface area contributed by atoms with Crippen molar-refractivity contribution in [2.75, 3.05) is 16.8 Å². The zero-order valence-electron chi connectivity index (χ0n) is 16.6. The van der Waals surface area contributed by atoms with Crippen LogP contribution in [0.1, 0.15) is 36.0 Å². The number of hydrogen-bond acceptors (Lipinski definition) is 3. The first-order chi connectivity index (χ1) is 13.4. The second-order valence-electron chi connectivity index (χ2n) is 7.76. The van der Waals surface area contributed by atoms with Crippen molar-refractivity contribution in [1.29, 1.82) is 0 Å². The van der Waals surface area contributed by atoms with Crippen LogP contribution in [-0.4, -0.2) is 24.1 Å². The topological polar surface area (TPSA) is 61.8 Å². The van der Waals surface area contributed by atoms with Crippen LogP contribution in [0.2, 0.25) is 0 Å². The Kier molecular flexibility index (Phi) is 4.75. The molecule has 2 aromatic carbocycles. The van der Waals surface area contributed by atoms with Crippen molar-refractivity contribution in [1.82, 2.24) is 0 Å². The van der Waals surface area contributed by atoms with E-state index in [0.717, 1.165) is 58.7 Å². The number of anilines is 2. The lowest BCUT2D eigenvalue weighted by Crippen LogP contribution is -2.42. The zero-order valence-corrected chi connectivity index (χ0v) is 16.6. The number of nitrogens with zero attached hydrogens (tertiary/aromatic N) is 2. The molecule has 144 valence electrons. The number of rotatable bonds is 3. The van der Waals surface area contributed by atoms with Gasteiger partial charge >= 0.3 is 0 Å². The van der Waals surface area contributed by atoms with Gasteiger partial charge in [0.1, 0.15) is 6.54 Å². The lowest BCUT2D eigenvalue weighted by atomic mass is 10.0. The van der Waals surface area contributed by atoms with Gasteiger partial charge in [0.15, 0.2) is 0 Å². The summed E-state index contributed by atoms with van der Waals surface area (Å²) in [6.45, 7) is 6.00. The van der Waals surface area contributed by atoms with Crippen LogP contribution < -0.4 is 10.2 Å². The number of hydrogen-bond donors (Lipinski definition) is 1. The van der Waals surface area contributed by atoms with E-state index in [1.54, 1.807) is 4.90 Å². The molecule has 1 atom stereocenters. The Balaban J connectivity index is 1.68. The van der Waals surface area contributed by atoms with E-state index >= 15 is 0 Å². The molecule has 0 saturated heterocycles. The Morgan fingerprint density at radius 1 is 1.14 bits per heavy atom. The Bertz CT molecular complexity index is 993. The minimum absolute atomic E-state index is 0.0119. The van der Waals surface area contributed by atoms with E-state index in [1.165, 1.54) is 0 Å². The highest BCUT2D eigenvalue weighted by atomic mass is 16.2. The van der Waals surface area contributed by atoms with Crippen molar-refractivity contribution < 1.29 is 9.59 Å². The number of amides is 2. The second kappa shape index (κ2) is 7.23. The summed E-state index contributed by atoms with van der Waals surface area (Å²) in [5, 5.41) is 2.94. The molecule has 0 spiro atoms. The summed E-state index contributed by atoms with van der Waals surface area (Å²) in [7, 11) is 0. The van der Waals surface area contributed by atoms with Crippen LogP contribution >= 0.6 is 0 Å². The third-order valence-electron chi connectivity index (χ3n) is 5.76. The second-order valence-corrected chi connectivity index (χ2v) is 7.76. The lowest BCUT2D eigenvalue weighted by Gasteiger charge is -2.25. The van der Waals surface area contributed by atoms with E-state index in [2.05, 4.69) is 5.32 Å². The maximum absolute atomic E-state index is 13.3. The minimum atomic E-state index is -0.209. The number of aliphatic imine (C=N–C) groups is 1. The SMILES string of the molecule is Cc1cc2c(cc1C)N(CC(=O)Nc1ccccc1C)C(=O)C1CCCC1=N2. The Labute approximate surface area is 165 Å². The fourth-order valence-corrected chi connectivity index (χ4v) is 3.99. The van der Waals surface area contributed by atoms with E-state index in [0.29, 0.717) is 0 Å². The van der Waals surface area contributed by atoms with Crippen molar-refractivity contribution >= 4 is 34.6 Å². The molecule has 1 saturated carbocycles. The van der Waals surface area contributed by atoms with Crippen LogP contribution in [0, 0.1) is 26.7 Å². The number of benzene rings is 2. The smallest absolute Gasteiger partial charge is 0.244 e. The van der Waals surface area contributed by atoms with Gasteiger partial charge in [-0.05, 0) is 74.9 Å². The number of nitrogens with one attached hydrogen (secondary N) is 1. The van der Waals surface area contributed by atoms with Crippen LogP contribution in [0.15, 0.2) is 41.4 Å². The Morgan fingerprint density at radius 3 is 2.68 bits per heavy atom. The summed E-state index contributed by atoms with van der Waals surface area (Å²) in [5.74, 6) is -0.425. The summed E-state index contributed by atoms with van der Waals surface area (Å²) >= 11 is 0. The molecule has 4 rings (SSSR count). The normalized spacial score (nSPS) is 18.2. The molecule has 5 heteroatoms. The number of carbonyl (C=O) groups excluding carboxylic acids is 2. The number of para-hydroxylation sites is 1. The van der Waals surface area contributed by atoms with Crippen LogP contribution in [0.3, 0.4) is 0 Å². The van der Waals surface area contributed by atoms with Crippen LogP contribution in [0.4, 0.5) is 17.1 Å². The maximum atomic E-state index is 13.3. The molecular weight excluding hydrogens is 350 g/mol. The maximum Gasteiger partial charge on any atom is 0.244 e. The molecule has 0 aromatic heterocycles. The summed E-state index contributed by atoms with van der Waals surface area (Å²) in [6, 6.07) is 11.7. The standard InChI is InChI=1S/C23H25N3O2/c1-14-7-4-5-9-18(14)25-22(27)13-26-21-12-16(3)15(2)11-20(21)24-19-10-6-8-17(19)23(26)28/h4-5,7,9,11-12,17H,6,8,10,13H2,1-3H3,(H,25,27). The predicted octanol–water partition coefficient (Wildman–Crippen LogP) is 4.47. The molecule has 1 unspecified atom stereocenters. The number of carbonyl (C=O) groups is 2. The predicted molar refractivity (Wildman–Crippen MR) is 113 cm³/mol. The van der Waals surface area contributed by atoms with Crippen LogP contribution in [-0.2, 0) is 9.59 Å². The first-order valence-corrected chi connectivity index (χ1v) is 9.79. The average Bonchev–Trinajstić information content (AvgIpc) is 3.09. The van der Waals surface area contributed by atoms with E-state index in [-0.39, 0.29) is 24.3 Å². The van der Waals surface area contributed by atoms with Gasteiger partial charge in [0.25, 0.3) is 0 Å². The van der Waals surface area contributed by atoms with Gasteiger partial charge < -0.3 is 10.2 Å². The molecule has 1 aliphatic carbocycles. The fraction of sp³-hybridized carbons (Fsp3) is 0.348. The summed E-state index contributed by atoms with van der Waals surface area (Å²) in [6.07, 6.45) is 2.63. The van der Waals surface area contributed by atoms with Crippen LogP contribution in [0.5, 0.6) is 0 Å². The summed E-state index contributed by atoms with van der Waals surface area (Å²) in [4.78, 5) is 32.6. The van der Waals surface area contributed by atoms with Gasteiger partial charge in [-0.3, -0.25) is 14.6 Å². The van der Waals surface area contributed by atoms with Gasteiger partial charge in [0.2, 0.25) is 11.8 Å². The highest BCUT2D eigenvalue weighted by molar-refractivity contribution is 6.17. The van der Waals surface area contributed by atoms with E-state index in [9.17, 15) is 9.59 Å². The van der Waals surface area contributed by atoms with E-state index in [4.69, 9.17) is 4.99 Å².